The molecular weight excluding hydrogens is 457 g/mol. The first kappa shape index (κ1) is 22.3. The molecule has 0 spiro atoms. The van der Waals surface area contributed by atoms with Crippen LogP contribution in [-0.4, -0.2) is 51.3 Å². The highest BCUT2D eigenvalue weighted by molar-refractivity contribution is 7.89. The Morgan fingerprint density at radius 2 is 2.06 bits per heavy atom. The van der Waals surface area contributed by atoms with E-state index in [1.165, 1.54) is 31.4 Å². The fraction of sp³-hybridized carbons (Fsp3) is 0.238. The lowest BCUT2D eigenvalue weighted by Crippen LogP contribution is -2.49. The maximum absolute atomic E-state index is 14.4. The molecule has 1 aliphatic heterocycles. The van der Waals surface area contributed by atoms with Gasteiger partial charge >= 0.3 is 0 Å². The number of nitrogens with zero attached hydrogens (tertiary/aromatic N) is 1. The predicted molar refractivity (Wildman–Crippen MR) is 119 cm³/mol. The summed E-state index contributed by atoms with van der Waals surface area (Å²) in [5.41, 5.74) is 0.699. The quantitative estimate of drug-likeness (QED) is 0.568. The van der Waals surface area contributed by atoms with Crippen LogP contribution in [0, 0.1) is 5.82 Å². The second kappa shape index (κ2) is 8.94. The van der Waals surface area contributed by atoms with E-state index in [0.717, 1.165) is 15.6 Å². The van der Waals surface area contributed by atoms with Gasteiger partial charge in [-0.3, -0.25) is 9.59 Å². The number of methoxy groups -OCH3 is 1. The lowest BCUT2D eigenvalue weighted by molar-refractivity contribution is -0.122. The van der Waals surface area contributed by atoms with Gasteiger partial charge in [0.1, 0.15) is 5.82 Å². The van der Waals surface area contributed by atoms with Gasteiger partial charge in [-0.1, -0.05) is 12.1 Å². The second-order valence-electron chi connectivity index (χ2n) is 7.13. The van der Waals surface area contributed by atoms with E-state index in [1.807, 2.05) is 0 Å². The Bertz CT molecular complexity index is 1310. The molecule has 2 N–H and O–H groups in total. The summed E-state index contributed by atoms with van der Waals surface area (Å²) in [4.78, 5) is 24.8. The van der Waals surface area contributed by atoms with E-state index >= 15 is 0 Å². The highest BCUT2D eigenvalue weighted by Crippen LogP contribution is 2.34. The molecule has 0 aliphatic carbocycles. The summed E-state index contributed by atoms with van der Waals surface area (Å²) in [7, 11) is -2.45. The largest absolute Gasteiger partial charge is 0.380 e. The maximum atomic E-state index is 14.4. The van der Waals surface area contributed by atoms with Crippen LogP contribution in [0.25, 0.3) is 10.1 Å². The zero-order chi connectivity index (χ0) is 22.9. The van der Waals surface area contributed by atoms with Crippen LogP contribution in [0.2, 0.25) is 0 Å². The Hall–Kier alpha value is -2.86. The fourth-order valence-corrected chi connectivity index (χ4v) is 6.08. The maximum Gasteiger partial charge on any atom is 0.266 e. The molecule has 0 radical (unpaired) electrons. The van der Waals surface area contributed by atoms with Gasteiger partial charge in [0.2, 0.25) is 15.9 Å². The van der Waals surface area contributed by atoms with Crippen LogP contribution in [0.4, 0.5) is 10.1 Å². The van der Waals surface area contributed by atoms with Crippen LogP contribution in [0.1, 0.15) is 15.2 Å². The number of halogens is 1. The second-order valence-corrected chi connectivity index (χ2v) is 10.1. The van der Waals surface area contributed by atoms with Crippen LogP contribution < -0.4 is 10.6 Å². The van der Waals surface area contributed by atoms with Gasteiger partial charge in [-0.15, -0.1) is 11.3 Å². The Morgan fingerprint density at radius 1 is 1.28 bits per heavy atom. The van der Waals surface area contributed by atoms with E-state index in [9.17, 15) is 22.4 Å². The molecule has 0 bridgehead atoms. The number of rotatable bonds is 6. The highest BCUT2D eigenvalue weighted by atomic mass is 32.2. The number of carbonyl (C=O) groups excluding carboxylic acids is 2. The first-order valence-electron chi connectivity index (χ1n) is 9.68. The number of anilines is 1. The lowest BCUT2D eigenvalue weighted by atomic mass is 10.1. The van der Waals surface area contributed by atoms with Crippen LogP contribution in [0.5, 0.6) is 0 Å². The van der Waals surface area contributed by atoms with Crippen molar-refractivity contribution >= 4 is 48.9 Å². The summed E-state index contributed by atoms with van der Waals surface area (Å²) in [5.74, 6) is -1.31. The molecular formula is C21H20FN3O5S2. The number of ether oxygens (including phenoxy) is 1. The summed E-state index contributed by atoms with van der Waals surface area (Å²) >= 11 is 1.14. The number of sulfonamides is 1. The predicted octanol–water partition coefficient (Wildman–Crippen LogP) is 2.56. The van der Waals surface area contributed by atoms with E-state index in [2.05, 4.69) is 10.6 Å². The zero-order valence-electron chi connectivity index (χ0n) is 17.1. The Balaban J connectivity index is 1.63. The average Bonchev–Trinajstić information content (AvgIpc) is 3.14. The van der Waals surface area contributed by atoms with Crippen LogP contribution >= 0.6 is 11.3 Å². The third kappa shape index (κ3) is 4.24. The van der Waals surface area contributed by atoms with Crippen molar-refractivity contribution in [2.24, 2.45) is 0 Å². The van der Waals surface area contributed by atoms with Gasteiger partial charge < -0.3 is 15.4 Å². The Labute approximate surface area is 188 Å². The number of nitrogens with one attached hydrogen (secondary N) is 2. The molecule has 11 heteroatoms. The molecule has 3 aromatic rings. The van der Waals surface area contributed by atoms with Gasteiger partial charge in [-0.2, -0.15) is 4.31 Å². The minimum Gasteiger partial charge on any atom is -0.380 e. The molecule has 0 saturated carbocycles. The summed E-state index contributed by atoms with van der Waals surface area (Å²) < 4.78 is 47.1. The van der Waals surface area contributed by atoms with Crippen molar-refractivity contribution in [1.82, 2.24) is 9.62 Å². The summed E-state index contributed by atoms with van der Waals surface area (Å²) in [6.45, 7) is 0.194. The number of hydrogen-bond acceptors (Lipinski definition) is 6. The topological polar surface area (TPSA) is 105 Å². The Kier molecular flexibility index (Phi) is 6.24. The first-order valence-corrected chi connectivity index (χ1v) is 11.9. The van der Waals surface area contributed by atoms with E-state index in [1.54, 1.807) is 18.2 Å². The molecule has 1 aromatic heterocycles. The van der Waals surface area contributed by atoms with Crippen molar-refractivity contribution in [2.45, 2.75) is 11.5 Å². The van der Waals surface area contributed by atoms with Crippen LogP contribution in [0.3, 0.4) is 0 Å². The average molecular weight is 478 g/mol. The molecule has 8 nitrogen and oxygen atoms in total. The molecule has 1 aliphatic rings. The van der Waals surface area contributed by atoms with Crippen LogP contribution in [0.15, 0.2) is 47.4 Å². The SMILES string of the molecule is COCc1c(C(=O)Nc2cccc(S(=O)(=O)N3CCNC(=O)C3)c2)sc2cccc(F)c12. The summed E-state index contributed by atoms with van der Waals surface area (Å²) in [6.07, 6.45) is 0. The molecule has 0 atom stereocenters. The van der Waals surface area contributed by atoms with E-state index in [4.69, 9.17) is 4.74 Å². The third-order valence-corrected chi connectivity index (χ3v) is 8.03. The number of benzene rings is 2. The molecule has 2 aromatic carbocycles. The first-order chi connectivity index (χ1) is 15.3. The molecule has 4 rings (SSSR count). The van der Waals surface area contributed by atoms with Gasteiger partial charge in [0.25, 0.3) is 5.91 Å². The zero-order valence-corrected chi connectivity index (χ0v) is 18.7. The molecule has 2 amide bonds. The summed E-state index contributed by atoms with van der Waals surface area (Å²) in [6, 6.07) is 10.4. The van der Waals surface area contributed by atoms with Crippen molar-refractivity contribution in [3.05, 3.63) is 58.7 Å². The lowest BCUT2D eigenvalue weighted by Gasteiger charge is -2.26. The standard InChI is InChI=1S/C21H20FN3O5S2/c1-30-12-15-19-16(22)6-3-7-17(19)31-20(15)21(27)24-13-4-2-5-14(10-13)32(28,29)25-9-8-23-18(26)11-25/h2-7,10H,8-9,11-12H2,1H3,(H,23,26)(H,24,27). The molecule has 2 heterocycles. The smallest absolute Gasteiger partial charge is 0.266 e. The van der Waals surface area contributed by atoms with Crippen molar-refractivity contribution in [3.8, 4) is 0 Å². The number of piperazine rings is 1. The number of carbonyl (C=O) groups is 2. The van der Waals surface area contributed by atoms with E-state index in [0.29, 0.717) is 15.6 Å². The number of hydrogen-bond donors (Lipinski definition) is 2. The van der Waals surface area contributed by atoms with Gasteiger partial charge in [0.05, 0.1) is 22.9 Å². The molecule has 1 fully saturated rings. The van der Waals surface area contributed by atoms with Gasteiger partial charge in [0.15, 0.2) is 0 Å². The Morgan fingerprint density at radius 3 is 2.81 bits per heavy atom. The molecule has 32 heavy (non-hydrogen) atoms. The van der Waals surface area contributed by atoms with E-state index in [-0.39, 0.29) is 47.6 Å². The molecule has 168 valence electrons. The van der Waals surface area contributed by atoms with Crippen LogP contribution in [-0.2, 0) is 26.2 Å². The van der Waals surface area contributed by atoms with Crippen molar-refractivity contribution in [3.63, 3.8) is 0 Å². The fourth-order valence-electron chi connectivity index (χ4n) is 3.52. The minimum absolute atomic E-state index is 0.0375. The number of fused-ring (bicyclic) bond motifs is 1. The van der Waals surface area contributed by atoms with E-state index < -0.39 is 21.7 Å². The van der Waals surface area contributed by atoms with Crippen molar-refractivity contribution < 1.29 is 27.1 Å². The summed E-state index contributed by atoms with van der Waals surface area (Å²) in [5, 5.41) is 5.61. The minimum atomic E-state index is -3.91. The van der Waals surface area contributed by atoms with Gasteiger partial charge in [0, 0.05) is 41.5 Å². The molecule has 0 unspecified atom stereocenters. The van der Waals surface area contributed by atoms with Gasteiger partial charge in [-0.25, -0.2) is 12.8 Å². The third-order valence-electron chi connectivity index (χ3n) is 4.99. The molecule has 1 saturated heterocycles. The monoisotopic (exact) mass is 477 g/mol. The number of amides is 2. The number of thiophene rings is 1. The highest BCUT2D eigenvalue weighted by Gasteiger charge is 2.29. The van der Waals surface area contributed by atoms with Gasteiger partial charge in [-0.05, 0) is 30.3 Å². The van der Waals surface area contributed by atoms with Crippen molar-refractivity contribution in [1.29, 1.82) is 0 Å². The van der Waals surface area contributed by atoms with Crippen molar-refractivity contribution in [2.75, 3.05) is 32.1 Å². The normalized spacial score (nSPS) is 15.0.